The zero-order valence-electron chi connectivity index (χ0n) is 18.3. The number of hydrogen-bond donors (Lipinski definition) is 2. The summed E-state index contributed by atoms with van der Waals surface area (Å²) in [5, 5.41) is 11.5. The van der Waals surface area contributed by atoms with E-state index in [-0.39, 0.29) is 11.4 Å². The smallest absolute Gasteiger partial charge is 0.265 e. The van der Waals surface area contributed by atoms with Crippen LogP contribution < -0.4 is 9.62 Å². The Morgan fingerprint density at radius 2 is 1.63 bits per heavy atom. The van der Waals surface area contributed by atoms with Crippen molar-refractivity contribution in [1.29, 1.82) is 0 Å². The molecule has 5 aromatic rings. The topological polar surface area (TPSA) is 108 Å². The van der Waals surface area contributed by atoms with Crippen molar-refractivity contribution in [2.24, 2.45) is 0 Å². The Balaban J connectivity index is 1.28. The lowest BCUT2D eigenvalue weighted by Gasteiger charge is -2.19. The molecule has 0 radical (unpaired) electrons. The second-order valence-electron chi connectivity index (χ2n) is 8.11. The Kier molecular flexibility index (Phi) is 4.85. The van der Waals surface area contributed by atoms with Gasteiger partial charge in [-0.25, -0.2) is 13.4 Å². The van der Waals surface area contributed by atoms with E-state index in [1.807, 2.05) is 54.6 Å². The van der Waals surface area contributed by atoms with Crippen molar-refractivity contribution in [2.45, 2.75) is 4.90 Å². The Hall–Kier alpha value is -4.50. The highest BCUT2D eigenvalue weighted by Gasteiger charge is 2.36. The van der Waals surface area contributed by atoms with Gasteiger partial charge in [-0.05, 0) is 29.7 Å². The molecule has 35 heavy (non-hydrogen) atoms. The molecule has 0 saturated carbocycles. The summed E-state index contributed by atoms with van der Waals surface area (Å²) in [6.07, 6.45) is 0. The van der Waals surface area contributed by atoms with Gasteiger partial charge in [-0.15, -0.1) is 0 Å². The average molecular weight is 482 g/mol. The van der Waals surface area contributed by atoms with Gasteiger partial charge in [-0.3, -0.25) is 14.2 Å². The van der Waals surface area contributed by atoms with Crippen LogP contribution in [0.3, 0.4) is 0 Å². The van der Waals surface area contributed by atoms with Crippen LogP contribution in [0.15, 0.2) is 95.9 Å². The molecule has 1 aromatic heterocycles. The van der Waals surface area contributed by atoms with E-state index in [4.69, 9.17) is 0 Å². The monoisotopic (exact) mass is 481 g/mol. The Morgan fingerprint density at radius 1 is 0.886 bits per heavy atom. The summed E-state index contributed by atoms with van der Waals surface area (Å²) in [5.74, 6) is 0.565. The van der Waals surface area contributed by atoms with Gasteiger partial charge < -0.3 is 5.32 Å². The van der Waals surface area contributed by atoms with E-state index in [0.29, 0.717) is 34.0 Å². The number of aromatic amines is 1. The Labute approximate surface area is 201 Å². The van der Waals surface area contributed by atoms with Crippen molar-refractivity contribution in [3.63, 3.8) is 0 Å². The third kappa shape index (κ3) is 3.53. The fraction of sp³-hybridized carbons (Fsp3) is 0.0385. The molecule has 9 heteroatoms. The van der Waals surface area contributed by atoms with E-state index in [1.54, 1.807) is 36.4 Å². The normalized spacial score (nSPS) is 13.8. The number of benzene rings is 4. The largest absolute Gasteiger partial charge is 0.324 e. The highest BCUT2D eigenvalue weighted by molar-refractivity contribution is 7.93. The number of aromatic nitrogens is 3. The van der Waals surface area contributed by atoms with Gasteiger partial charge in [0.1, 0.15) is 6.54 Å². The molecule has 0 saturated heterocycles. The van der Waals surface area contributed by atoms with Crippen molar-refractivity contribution >= 4 is 38.1 Å². The minimum Gasteiger partial charge on any atom is -0.324 e. The van der Waals surface area contributed by atoms with E-state index < -0.39 is 15.9 Å². The van der Waals surface area contributed by atoms with Crippen molar-refractivity contribution in [1.82, 2.24) is 15.2 Å². The second-order valence-corrected chi connectivity index (χ2v) is 9.94. The van der Waals surface area contributed by atoms with Gasteiger partial charge in [-0.2, -0.15) is 5.10 Å². The number of rotatable bonds is 5. The summed E-state index contributed by atoms with van der Waals surface area (Å²) < 4.78 is 27.6. The van der Waals surface area contributed by atoms with Gasteiger partial charge in [0.05, 0.1) is 16.3 Å². The van der Waals surface area contributed by atoms with Gasteiger partial charge in [0, 0.05) is 16.5 Å². The molecule has 1 aliphatic heterocycles. The Morgan fingerprint density at radius 3 is 2.46 bits per heavy atom. The van der Waals surface area contributed by atoms with Gasteiger partial charge in [0.2, 0.25) is 5.91 Å². The SMILES string of the molecule is O=C(CN1c2cccc3cccc(c23)S1(=O)=O)Nc1ccccc1-c1nc(-c2ccccc2)n[nH]1. The Bertz CT molecular complexity index is 1690. The first-order valence-corrected chi connectivity index (χ1v) is 12.4. The molecule has 0 aliphatic carbocycles. The summed E-state index contributed by atoms with van der Waals surface area (Å²) in [4.78, 5) is 17.9. The maximum absolute atomic E-state index is 13.2. The van der Waals surface area contributed by atoms with E-state index in [2.05, 4.69) is 20.5 Å². The van der Waals surface area contributed by atoms with Crippen molar-refractivity contribution in [3.8, 4) is 22.8 Å². The lowest BCUT2D eigenvalue weighted by Crippen LogP contribution is -2.35. The molecule has 2 N–H and O–H groups in total. The molecule has 0 unspecified atom stereocenters. The third-order valence-corrected chi connectivity index (χ3v) is 7.74. The standard InChI is InChI=1S/C26H19N5O3S/c32-23(16-31-21-14-6-10-17-11-7-15-22(24(17)21)35(31,33)34)27-20-13-5-4-12-19(20)26-28-25(29-30-26)18-8-2-1-3-9-18/h1-15H,16H2,(H,27,32)(H,28,29,30). The zero-order chi connectivity index (χ0) is 24.0. The molecule has 0 bridgehead atoms. The molecular formula is C26H19N5O3S. The molecule has 0 fully saturated rings. The van der Waals surface area contributed by atoms with Gasteiger partial charge in [-0.1, -0.05) is 66.7 Å². The van der Waals surface area contributed by atoms with Crippen LogP contribution in [-0.2, 0) is 14.8 Å². The minimum absolute atomic E-state index is 0.217. The van der Waals surface area contributed by atoms with Crippen LogP contribution >= 0.6 is 0 Å². The van der Waals surface area contributed by atoms with Crippen LogP contribution in [0.4, 0.5) is 11.4 Å². The maximum Gasteiger partial charge on any atom is 0.265 e. The third-order valence-electron chi connectivity index (χ3n) is 5.94. The van der Waals surface area contributed by atoms with Crippen LogP contribution in [0.2, 0.25) is 0 Å². The van der Waals surface area contributed by atoms with Gasteiger partial charge in [0.15, 0.2) is 11.6 Å². The zero-order valence-corrected chi connectivity index (χ0v) is 19.2. The number of para-hydroxylation sites is 1. The summed E-state index contributed by atoms with van der Waals surface area (Å²) >= 11 is 0. The molecule has 1 amide bonds. The average Bonchev–Trinajstić information content (AvgIpc) is 3.45. The quantitative estimate of drug-likeness (QED) is 0.386. The number of H-pyrrole nitrogens is 1. The number of amides is 1. The molecule has 1 aliphatic rings. The molecule has 0 atom stereocenters. The summed E-state index contributed by atoms with van der Waals surface area (Å²) in [6.45, 7) is -0.351. The van der Waals surface area contributed by atoms with Crippen LogP contribution in [-0.4, -0.2) is 36.1 Å². The first-order chi connectivity index (χ1) is 17.0. The van der Waals surface area contributed by atoms with Crippen molar-refractivity contribution in [3.05, 3.63) is 91.0 Å². The summed E-state index contributed by atoms with van der Waals surface area (Å²) in [5.41, 5.74) is 2.51. The van der Waals surface area contributed by atoms with Crippen LogP contribution in [0.1, 0.15) is 0 Å². The van der Waals surface area contributed by atoms with E-state index in [1.165, 1.54) is 0 Å². The first kappa shape index (κ1) is 21.1. The highest BCUT2D eigenvalue weighted by Crippen LogP contribution is 2.41. The molecule has 2 heterocycles. The highest BCUT2D eigenvalue weighted by atomic mass is 32.2. The van der Waals surface area contributed by atoms with E-state index in [0.717, 1.165) is 15.3 Å². The lowest BCUT2D eigenvalue weighted by molar-refractivity contribution is -0.114. The van der Waals surface area contributed by atoms with E-state index >= 15 is 0 Å². The van der Waals surface area contributed by atoms with Crippen LogP contribution in [0.25, 0.3) is 33.5 Å². The number of nitrogens with one attached hydrogen (secondary N) is 2. The predicted octanol–water partition coefficient (Wildman–Crippen LogP) is 4.44. The number of hydrogen-bond acceptors (Lipinski definition) is 5. The van der Waals surface area contributed by atoms with Crippen LogP contribution in [0.5, 0.6) is 0 Å². The number of carbonyl (C=O) groups excluding carboxylic acids is 1. The number of nitrogens with zero attached hydrogens (tertiary/aromatic N) is 3. The number of anilines is 2. The van der Waals surface area contributed by atoms with Gasteiger partial charge >= 0.3 is 0 Å². The summed E-state index contributed by atoms with van der Waals surface area (Å²) in [6, 6.07) is 27.2. The second kappa shape index (κ2) is 8.07. The summed E-state index contributed by atoms with van der Waals surface area (Å²) in [7, 11) is -3.83. The fourth-order valence-electron chi connectivity index (χ4n) is 4.35. The minimum atomic E-state index is -3.83. The number of sulfonamides is 1. The van der Waals surface area contributed by atoms with E-state index in [9.17, 15) is 13.2 Å². The van der Waals surface area contributed by atoms with Gasteiger partial charge in [0.25, 0.3) is 10.0 Å². The predicted molar refractivity (Wildman–Crippen MR) is 134 cm³/mol. The number of carbonyl (C=O) groups is 1. The molecular weight excluding hydrogens is 462 g/mol. The lowest BCUT2D eigenvalue weighted by atomic mass is 10.1. The molecule has 8 nitrogen and oxygen atoms in total. The molecule has 4 aromatic carbocycles. The molecule has 6 rings (SSSR count). The first-order valence-electron chi connectivity index (χ1n) is 10.9. The maximum atomic E-state index is 13.2. The van der Waals surface area contributed by atoms with Crippen molar-refractivity contribution < 1.29 is 13.2 Å². The van der Waals surface area contributed by atoms with Crippen LogP contribution in [0, 0.1) is 0 Å². The van der Waals surface area contributed by atoms with Crippen molar-refractivity contribution in [2.75, 3.05) is 16.2 Å². The molecule has 0 spiro atoms. The fourth-order valence-corrected chi connectivity index (χ4v) is 6.01. The molecule has 172 valence electrons.